The number of aromatic nitrogens is 1. The molecule has 1 heterocycles. The van der Waals surface area contributed by atoms with E-state index in [-0.39, 0.29) is 13.2 Å². The highest BCUT2D eigenvalue weighted by Crippen LogP contribution is 2.18. The van der Waals surface area contributed by atoms with Crippen molar-refractivity contribution in [3.8, 4) is 11.5 Å². The molecule has 0 spiro atoms. The Hall–Kier alpha value is -2.58. The standard InChI is InChI=1S/C23H30N2O5/c1-29-21-6-8-22(9-7-21)30-17-20(28)15-24(12-13-26)14-19(27)16-25-11-10-18-4-2-3-5-23(18)25/h2-11,19-20,26-28H,12-17H2,1H3/t19-,20-/m0/s1. The summed E-state index contributed by atoms with van der Waals surface area (Å²) in [5.41, 5.74) is 1.07. The number of benzene rings is 2. The summed E-state index contributed by atoms with van der Waals surface area (Å²) in [6.45, 7) is 1.50. The van der Waals surface area contributed by atoms with Gasteiger partial charge in [-0.25, -0.2) is 0 Å². The quantitative estimate of drug-likeness (QED) is 0.419. The zero-order valence-corrected chi connectivity index (χ0v) is 17.2. The summed E-state index contributed by atoms with van der Waals surface area (Å²) in [6.07, 6.45) is 0.572. The smallest absolute Gasteiger partial charge is 0.119 e. The number of ether oxygens (including phenoxy) is 2. The summed E-state index contributed by atoms with van der Waals surface area (Å²) >= 11 is 0. The fraction of sp³-hybridized carbons (Fsp3) is 0.391. The maximum Gasteiger partial charge on any atom is 0.119 e. The molecule has 2 aromatic carbocycles. The Bertz CT molecular complexity index is 896. The van der Waals surface area contributed by atoms with Gasteiger partial charge in [-0.05, 0) is 41.8 Å². The average Bonchev–Trinajstić information content (AvgIpc) is 3.15. The van der Waals surface area contributed by atoms with Crippen LogP contribution in [-0.2, 0) is 6.54 Å². The first-order valence-electron chi connectivity index (χ1n) is 10.1. The van der Waals surface area contributed by atoms with E-state index in [2.05, 4.69) is 0 Å². The summed E-state index contributed by atoms with van der Waals surface area (Å²) in [6, 6.07) is 17.2. The Morgan fingerprint density at radius 2 is 1.63 bits per heavy atom. The van der Waals surface area contributed by atoms with Gasteiger partial charge in [-0.3, -0.25) is 4.90 Å². The number of nitrogens with zero attached hydrogens (tertiary/aromatic N) is 2. The van der Waals surface area contributed by atoms with E-state index in [0.29, 0.717) is 31.9 Å². The molecule has 30 heavy (non-hydrogen) atoms. The van der Waals surface area contributed by atoms with Crippen LogP contribution < -0.4 is 9.47 Å². The Labute approximate surface area is 176 Å². The molecule has 0 aliphatic carbocycles. The van der Waals surface area contributed by atoms with Crippen LogP contribution in [0.1, 0.15) is 0 Å². The topological polar surface area (TPSA) is 87.3 Å². The molecule has 2 atom stereocenters. The number of aliphatic hydroxyl groups excluding tert-OH is 3. The molecule has 1 aromatic heterocycles. The minimum Gasteiger partial charge on any atom is -0.497 e. The van der Waals surface area contributed by atoms with Crippen molar-refractivity contribution in [2.45, 2.75) is 18.8 Å². The van der Waals surface area contributed by atoms with Crippen LogP contribution in [0.3, 0.4) is 0 Å². The molecule has 3 rings (SSSR count). The molecule has 3 aromatic rings. The summed E-state index contributed by atoms with van der Waals surface area (Å²) in [7, 11) is 1.60. The van der Waals surface area contributed by atoms with Crippen LogP contribution in [0.25, 0.3) is 10.9 Å². The SMILES string of the molecule is COc1ccc(OC[C@@H](O)CN(CCO)C[C@H](O)Cn2ccc3ccccc32)cc1. The normalized spacial score (nSPS) is 13.5. The van der Waals surface area contributed by atoms with Crippen molar-refractivity contribution in [1.29, 1.82) is 0 Å². The number of aliphatic hydroxyl groups is 3. The van der Waals surface area contributed by atoms with Gasteiger partial charge in [-0.15, -0.1) is 0 Å². The number of hydrogen-bond donors (Lipinski definition) is 3. The molecule has 0 fully saturated rings. The molecule has 0 aliphatic heterocycles. The van der Waals surface area contributed by atoms with E-state index in [1.807, 2.05) is 46.0 Å². The van der Waals surface area contributed by atoms with E-state index in [1.54, 1.807) is 31.4 Å². The van der Waals surface area contributed by atoms with Gasteiger partial charge in [0, 0.05) is 37.9 Å². The number of para-hydroxylation sites is 1. The van der Waals surface area contributed by atoms with Gasteiger partial charge in [-0.1, -0.05) is 18.2 Å². The van der Waals surface area contributed by atoms with Gasteiger partial charge in [0.15, 0.2) is 0 Å². The lowest BCUT2D eigenvalue weighted by atomic mass is 10.2. The van der Waals surface area contributed by atoms with Crippen LogP contribution in [0.5, 0.6) is 11.5 Å². The van der Waals surface area contributed by atoms with Crippen molar-refractivity contribution in [1.82, 2.24) is 9.47 Å². The minimum absolute atomic E-state index is 0.0504. The molecule has 7 nitrogen and oxygen atoms in total. The number of fused-ring (bicyclic) bond motifs is 1. The van der Waals surface area contributed by atoms with E-state index in [9.17, 15) is 15.3 Å². The van der Waals surface area contributed by atoms with Crippen LogP contribution in [0, 0.1) is 0 Å². The Morgan fingerprint density at radius 1 is 0.933 bits per heavy atom. The van der Waals surface area contributed by atoms with E-state index < -0.39 is 12.2 Å². The monoisotopic (exact) mass is 414 g/mol. The molecular formula is C23H30N2O5. The highest BCUT2D eigenvalue weighted by Gasteiger charge is 2.17. The molecule has 7 heteroatoms. The largest absolute Gasteiger partial charge is 0.497 e. The van der Waals surface area contributed by atoms with E-state index >= 15 is 0 Å². The number of hydrogen-bond acceptors (Lipinski definition) is 6. The molecule has 0 radical (unpaired) electrons. The number of rotatable bonds is 12. The molecule has 0 unspecified atom stereocenters. The first kappa shape index (κ1) is 22.1. The highest BCUT2D eigenvalue weighted by molar-refractivity contribution is 5.79. The predicted molar refractivity (Wildman–Crippen MR) is 116 cm³/mol. The van der Waals surface area contributed by atoms with E-state index in [4.69, 9.17) is 9.47 Å². The lowest BCUT2D eigenvalue weighted by Gasteiger charge is -2.27. The van der Waals surface area contributed by atoms with Gasteiger partial charge in [-0.2, -0.15) is 0 Å². The Balaban J connectivity index is 1.50. The van der Waals surface area contributed by atoms with Crippen LogP contribution in [-0.4, -0.2) is 77.0 Å². The molecule has 0 saturated heterocycles. The first-order valence-corrected chi connectivity index (χ1v) is 10.1. The fourth-order valence-corrected chi connectivity index (χ4v) is 3.50. The molecule has 3 N–H and O–H groups in total. The van der Waals surface area contributed by atoms with E-state index in [0.717, 1.165) is 16.7 Å². The first-order chi connectivity index (χ1) is 14.6. The predicted octanol–water partition coefficient (Wildman–Crippen LogP) is 1.74. The van der Waals surface area contributed by atoms with Crippen molar-refractivity contribution >= 4 is 10.9 Å². The third-order valence-corrected chi connectivity index (χ3v) is 4.94. The van der Waals surface area contributed by atoms with Crippen molar-refractivity contribution in [2.75, 3.05) is 40.0 Å². The molecule has 0 aliphatic rings. The summed E-state index contributed by atoms with van der Waals surface area (Å²) in [5, 5.41) is 31.4. The van der Waals surface area contributed by atoms with Gasteiger partial charge >= 0.3 is 0 Å². The molecule has 0 bridgehead atoms. The highest BCUT2D eigenvalue weighted by atomic mass is 16.5. The van der Waals surface area contributed by atoms with Crippen molar-refractivity contribution < 1.29 is 24.8 Å². The fourth-order valence-electron chi connectivity index (χ4n) is 3.50. The van der Waals surface area contributed by atoms with Crippen molar-refractivity contribution in [3.63, 3.8) is 0 Å². The summed E-state index contributed by atoms with van der Waals surface area (Å²) < 4.78 is 12.7. The van der Waals surface area contributed by atoms with Gasteiger partial charge in [0.1, 0.15) is 24.2 Å². The second kappa shape index (κ2) is 11.0. The van der Waals surface area contributed by atoms with E-state index in [1.165, 1.54) is 0 Å². The maximum absolute atomic E-state index is 10.6. The lowest BCUT2D eigenvalue weighted by Crippen LogP contribution is -2.42. The minimum atomic E-state index is -0.752. The van der Waals surface area contributed by atoms with Crippen molar-refractivity contribution in [2.24, 2.45) is 0 Å². The maximum atomic E-state index is 10.6. The Kier molecular flexibility index (Phi) is 8.10. The second-order valence-corrected chi connectivity index (χ2v) is 7.30. The summed E-state index contributed by atoms with van der Waals surface area (Å²) in [5.74, 6) is 1.38. The van der Waals surface area contributed by atoms with Gasteiger partial charge in [0.2, 0.25) is 0 Å². The van der Waals surface area contributed by atoms with Crippen LogP contribution in [0.15, 0.2) is 60.8 Å². The van der Waals surface area contributed by atoms with Crippen LogP contribution in [0.4, 0.5) is 0 Å². The van der Waals surface area contributed by atoms with Gasteiger partial charge < -0.3 is 29.4 Å². The zero-order valence-electron chi connectivity index (χ0n) is 17.2. The van der Waals surface area contributed by atoms with Gasteiger partial charge in [0.25, 0.3) is 0 Å². The number of methoxy groups -OCH3 is 1. The third kappa shape index (κ3) is 6.21. The Morgan fingerprint density at radius 3 is 2.37 bits per heavy atom. The zero-order chi connectivity index (χ0) is 21.3. The van der Waals surface area contributed by atoms with Crippen LogP contribution >= 0.6 is 0 Å². The third-order valence-electron chi connectivity index (χ3n) is 4.94. The van der Waals surface area contributed by atoms with Gasteiger partial charge in [0.05, 0.1) is 19.8 Å². The molecular weight excluding hydrogens is 384 g/mol. The van der Waals surface area contributed by atoms with Crippen LogP contribution in [0.2, 0.25) is 0 Å². The molecule has 162 valence electrons. The second-order valence-electron chi connectivity index (χ2n) is 7.30. The van der Waals surface area contributed by atoms with Crippen molar-refractivity contribution in [3.05, 3.63) is 60.8 Å². The molecule has 0 saturated carbocycles. The molecule has 0 amide bonds. The average molecular weight is 415 g/mol. The lowest BCUT2D eigenvalue weighted by molar-refractivity contribution is 0.0351. The summed E-state index contributed by atoms with van der Waals surface area (Å²) in [4.78, 5) is 1.85.